The van der Waals surface area contributed by atoms with Gasteiger partial charge in [0.15, 0.2) is 5.17 Å². The lowest BCUT2D eigenvalue weighted by Crippen LogP contribution is -2.35. The molecule has 0 saturated carbocycles. The standard InChI is InChI=1S/C22H25ClN4S/c1-2-16-14-28-22-25-20(18-7-3-4-10-24-18)21(27(16)22)15-8-9-19(17(23)13-15)26-11-5-6-12-26/h3-4,7-10,13,16,20-21H,2,5-6,11-12,14H2,1H3/t16-,20-,21+/m0/s1. The number of fused-ring (bicyclic) bond motifs is 1. The van der Waals surface area contributed by atoms with Crippen LogP contribution in [-0.4, -0.2) is 39.9 Å². The second-order valence-electron chi connectivity index (χ2n) is 7.74. The molecule has 2 saturated heterocycles. The van der Waals surface area contributed by atoms with Crippen LogP contribution in [0.25, 0.3) is 0 Å². The molecular formula is C22H25ClN4S. The average molecular weight is 413 g/mol. The summed E-state index contributed by atoms with van der Waals surface area (Å²) >= 11 is 8.65. The van der Waals surface area contributed by atoms with Gasteiger partial charge in [-0.1, -0.05) is 42.4 Å². The number of benzene rings is 1. The normalized spacial score (nSPS) is 26.6. The van der Waals surface area contributed by atoms with Gasteiger partial charge in [-0.2, -0.15) is 0 Å². The van der Waals surface area contributed by atoms with Crippen LogP contribution in [0.1, 0.15) is 49.5 Å². The highest BCUT2D eigenvalue weighted by Crippen LogP contribution is 2.49. The second-order valence-corrected chi connectivity index (χ2v) is 9.14. The molecule has 0 amide bonds. The lowest BCUT2D eigenvalue weighted by molar-refractivity contribution is 0.255. The number of amidine groups is 1. The van der Waals surface area contributed by atoms with E-state index in [0.717, 1.165) is 41.1 Å². The molecule has 4 nitrogen and oxygen atoms in total. The zero-order valence-electron chi connectivity index (χ0n) is 16.1. The van der Waals surface area contributed by atoms with Gasteiger partial charge in [-0.3, -0.25) is 9.98 Å². The summed E-state index contributed by atoms with van der Waals surface area (Å²) < 4.78 is 0. The van der Waals surface area contributed by atoms with E-state index in [1.54, 1.807) is 0 Å². The Labute approximate surface area is 176 Å². The summed E-state index contributed by atoms with van der Waals surface area (Å²) in [4.78, 5) is 14.7. The molecular weight excluding hydrogens is 388 g/mol. The van der Waals surface area contributed by atoms with Crippen LogP contribution in [0.3, 0.4) is 0 Å². The largest absolute Gasteiger partial charge is 0.370 e. The first-order chi connectivity index (χ1) is 13.8. The highest BCUT2D eigenvalue weighted by Gasteiger charge is 2.45. The Hall–Kier alpha value is -1.72. The second kappa shape index (κ2) is 7.60. The maximum atomic E-state index is 6.78. The Morgan fingerprint density at radius 3 is 2.75 bits per heavy atom. The summed E-state index contributed by atoms with van der Waals surface area (Å²) in [6.07, 6.45) is 5.49. The van der Waals surface area contributed by atoms with Gasteiger partial charge in [0.1, 0.15) is 6.04 Å². The van der Waals surface area contributed by atoms with E-state index >= 15 is 0 Å². The molecule has 3 aliphatic rings. The molecule has 4 heterocycles. The summed E-state index contributed by atoms with van der Waals surface area (Å²) in [7, 11) is 0. The highest BCUT2D eigenvalue weighted by molar-refractivity contribution is 8.14. The van der Waals surface area contributed by atoms with Gasteiger partial charge in [0, 0.05) is 31.1 Å². The molecule has 2 fully saturated rings. The first-order valence-electron chi connectivity index (χ1n) is 10.2. The Morgan fingerprint density at radius 1 is 1.18 bits per heavy atom. The van der Waals surface area contributed by atoms with Crippen molar-refractivity contribution in [3.63, 3.8) is 0 Å². The van der Waals surface area contributed by atoms with Crippen molar-refractivity contribution in [1.29, 1.82) is 0 Å². The van der Waals surface area contributed by atoms with Crippen LogP contribution in [0.5, 0.6) is 0 Å². The zero-order chi connectivity index (χ0) is 19.1. The lowest BCUT2D eigenvalue weighted by atomic mass is 9.95. The van der Waals surface area contributed by atoms with Crippen molar-refractivity contribution in [3.05, 3.63) is 58.9 Å². The maximum Gasteiger partial charge on any atom is 0.160 e. The van der Waals surface area contributed by atoms with Crippen LogP contribution in [0.2, 0.25) is 5.02 Å². The number of aliphatic imine (C=N–C) groups is 1. The van der Waals surface area contributed by atoms with E-state index in [0.29, 0.717) is 6.04 Å². The molecule has 28 heavy (non-hydrogen) atoms. The van der Waals surface area contributed by atoms with Crippen LogP contribution < -0.4 is 4.90 Å². The molecule has 1 aromatic carbocycles. The number of nitrogens with zero attached hydrogens (tertiary/aromatic N) is 4. The number of halogens is 1. The van der Waals surface area contributed by atoms with E-state index in [9.17, 15) is 0 Å². The predicted octanol–water partition coefficient (Wildman–Crippen LogP) is 5.31. The highest BCUT2D eigenvalue weighted by atomic mass is 35.5. The van der Waals surface area contributed by atoms with E-state index in [1.807, 2.05) is 24.0 Å². The number of aromatic nitrogens is 1. The van der Waals surface area contributed by atoms with Crippen molar-refractivity contribution in [2.24, 2.45) is 4.99 Å². The van der Waals surface area contributed by atoms with Gasteiger partial charge in [0.25, 0.3) is 0 Å². The van der Waals surface area contributed by atoms with E-state index < -0.39 is 0 Å². The monoisotopic (exact) mass is 412 g/mol. The Bertz CT molecular complexity index is 881. The van der Waals surface area contributed by atoms with Gasteiger partial charge < -0.3 is 9.80 Å². The topological polar surface area (TPSA) is 31.7 Å². The van der Waals surface area contributed by atoms with Crippen molar-refractivity contribution in [2.75, 3.05) is 23.7 Å². The van der Waals surface area contributed by atoms with E-state index in [4.69, 9.17) is 16.6 Å². The van der Waals surface area contributed by atoms with E-state index in [2.05, 4.69) is 52.0 Å². The third kappa shape index (κ3) is 3.09. The van der Waals surface area contributed by atoms with Crippen LogP contribution in [0, 0.1) is 0 Å². The molecule has 0 N–H and O–H groups in total. The third-order valence-corrected chi connectivity index (χ3v) is 7.52. The lowest BCUT2D eigenvalue weighted by Gasteiger charge is -2.32. The smallest absolute Gasteiger partial charge is 0.160 e. The van der Waals surface area contributed by atoms with Gasteiger partial charge in [0.2, 0.25) is 0 Å². The SMILES string of the molecule is CC[C@H]1CSC2=N[C@@H](c3ccccn3)[C@@H](c3ccc(N4CCCC4)c(Cl)c3)N21. The van der Waals surface area contributed by atoms with Crippen molar-refractivity contribution < 1.29 is 0 Å². The van der Waals surface area contributed by atoms with Crippen molar-refractivity contribution >= 4 is 34.2 Å². The number of thioether (sulfide) groups is 1. The summed E-state index contributed by atoms with van der Waals surface area (Å²) in [6.45, 7) is 4.47. The third-order valence-electron chi connectivity index (χ3n) is 6.09. The number of anilines is 1. The molecule has 3 atom stereocenters. The van der Waals surface area contributed by atoms with Crippen LogP contribution in [-0.2, 0) is 0 Å². The Morgan fingerprint density at radius 2 is 2.04 bits per heavy atom. The van der Waals surface area contributed by atoms with Crippen molar-refractivity contribution in [1.82, 2.24) is 9.88 Å². The predicted molar refractivity (Wildman–Crippen MR) is 118 cm³/mol. The zero-order valence-corrected chi connectivity index (χ0v) is 17.7. The first kappa shape index (κ1) is 18.3. The van der Waals surface area contributed by atoms with Gasteiger partial charge in [0.05, 0.1) is 22.4 Å². The minimum atomic E-state index is 0.0201. The fraction of sp³-hybridized carbons (Fsp3) is 0.455. The molecule has 0 spiro atoms. The number of hydrogen-bond donors (Lipinski definition) is 0. The van der Waals surface area contributed by atoms with Crippen LogP contribution in [0.15, 0.2) is 47.6 Å². The molecule has 0 unspecified atom stereocenters. The van der Waals surface area contributed by atoms with Gasteiger partial charge in [-0.15, -0.1) is 0 Å². The molecule has 2 aromatic rings. The molecule has 5 rings (SSSR count). The summed E-state index contributed by atoms with van der Waals surface area (Å²) in [5.41, 5.74) is 3.44. The first-order valence-corrected chi connectivity index (χ1v) is 11.6. The average Bonchev–Trinajstić information content (AvgIpc) is 3.45. The van der Waals surface area contributed by atoms with Crippen molar-refractivity contribution in [2.45, 2.75) is 44.3 Å². The fourth-order valence-electron chi connectivity index (χ4n) is 4.63. The summed E-state index contributed by atoms with van der Waals surface area (Å²) in [5.74, 6) is 1.11. The molecule has 1 aromatic heterocycles. The van der Waals surface area contributed by atoms with E-state index in [1.165, 1.54) is 24.1 Å². The number of rotatable bonds is 4. The van der Waals surface area contributed by atoms with Gasteiger partial charge in [-0.05, 0) is 49.1 Å². The van der Waals surface area contributed by atoms with Gasteiger partial charge in [-0.25, -0.2) is 0 Å². The van der Waals surface area contributed by atoms with Crippen LogP contribution in [0.4, 0.5) is 5.69 Å². The molecule has 146 valence electrons. The Balaban J connectivity index is 1.54. The summed E-state index contributed by atoms with van der Waals surface area (Å²) in [6, 6.07) is 13.4. The molecule has 0 radical (unpaired) electrons. The Kier molecular flexibility index (Phi) is 4.97. The molecule has 0 aliphatic carbocycles. The minimum absolute atomic E-state index is 0.0201. The minimum Gasteiger partial charge on any atom is -0.370 e. The summed E-state index contributed by atoms with van der Waals surface area (Å²) in [5, 5.41) is 2.01. The quantitative estimate of drug-likeness (QED) is 0.680. The van der Waals surface area contributed by atoms with Gasteiger partial charge >= 0.3 is 0 Å². The van der Waals surface area contributed by atoms with Crippen molar-refractivity contribution in [3.8, 4) is 0 Å². The molecule has 3 aliphatic heterocycles. The number of pyridine rings is 1. The van der Waals surface area contributed by atoms with Crippen LogP contribution >= 0.6 is 23.4 Å². The molecule has 6 heteroatoms. The van der Waals surface area contributed by atoms with E-state index in [-0.39, 0.29) is 12.1 Å². The number of hydrogen-bond acceptors (Lipinski definition) is 5. The maximum absolute atomic E-state index is 6.78. The molecule has 0 bridgehead atoms. The fourth-order valence-corrected chi connectivity index (χ4v) is 6.28.